The van der Waals surface area contributed by atoms with Crippen molar-refractivity contribution in [1.29, 1.82) is 0 Å². The van der Waals surface area contributed by atoms with Gasteiger partial charge in [0, 0.05) is 6.54 Å². The maximum absolute atomic E-state index is 14.0. The fourth-order valence-corrected chi connectivity index (χ4v) is 6.63. The fourth-order valence-electron chi connectivity index (χ4n) is 4.28. The normalized spacial score (nSPS) is 16.6. The molecule has 164 valence electrons. The van der Waals surface area contributed by atoms with Crippen LogP contribution < -0.4 is 9.47 Å². The summed E-state index contributed by atoms with van der Waals surface area (Å²) in [6.45, 7) is 0.332. The van der Waals surface area contributed by atoms with Crippen LogP contribution >= 0.6 is 11.7 Å². The first-order valence-corrected chi connectivity index (χ1v) is 12.2. The average Bonchev–Trinajstić information content (AvgIpc) is 3.31. The van der Waals surface area contributed by atoms with E-state index in [1.807, 2.05) is 42.5 Å². The lowest BCUT2D eigenvalue weighted by Gasteiger charge is -2.37. The number of hydrogen-bond acceptors (Lipinski definition) is 7. The van der Waals surface area contributed by atoms with Crippen LogP contribution in [0.1, 0.15) is 22.7 Å². The number of hydrogen-bond donors (Lipinski definition) is 0. The number of ether oxygens (including phenoxy) is 2. The largest absolute Gasteiger partial charge is 0.493 e. The lowest BCUT2D eigenvalue weighted by atomic mass is 9.89. The van der Waals surface area contributed by atoms with Crippen molar-refractivity contribution in [3.63, 3.8) is 0 Å². The fraction of sp³-hybridized carbons (Fsp3) is 0.217. The number of fused-ring (bicyclic) bond motifs is 2. The average molecular weight is 468 g/mol. The predicted octanol–water partition coefficient (Wildman–Crippen LogP) is 4.04. The van der Waals surface area contributed by atoms with E-state index >= 15 is 0 Å². The Bertz CT molecular complexity index is 1390. The van der Waals surface area contributed by atoms with E-state index in [2.05, 4.69) is 8.75 Å². The number of methoxy groups -OCH3 is 2. The molecule has 3 aromatic carbocycles. The van der Waals surface area contributed by atoms with Crippen LogP contribution in [0.4, 0.5) is 0 Å². The van der Waals surface area contributed by atoms with Gasteiger partial charge in [-0.15, -0.1) is 0 Å². The maximum atomic E-state index is 14.0. The van der Waals surface area contributed by atoms with Crippen molar-refractivity contribution in [1.82, 2.24) is 13.1 Å². The summed E-state index contributed by atoms with van der Waals surface area (Å²) >= 11 is 1.01. The molecule has 5 rings (SSSR count). The quantitative estimate of drug-likeness (QED) is 0.441. The molecule has 0 saturated carbocycles. The van der Waals surface area contributed by atoms with Crippen molar-refractivity contribution in [2.24, 2.45) is 0 Å². The van der Waals surface area contributed by atoms with E-state index in [0.717, 1.165) is 28.4 Å². The summed E-state index contributed by atoms with van der Waals surface area (Å²) in [5.74, 6) is 1.20. The Morgan fingerprint density at radius 1 is 0.969 bits per heavy atom. The second kappa shape index (κ2) is 8.16. The predicted molar refractivity (Wildman–Crippen MR) is 123 cm³/mol. The number of sulfonamides is 1. The highest BCUT2D eigenvalue weighted by atomic mass is 32.2. The third-order valence-electron chi connectivity index (χ3n) is 5.78. The second-order valence-electron chi connectivity index (χ2n) is 7.47. The van der Waals surface area contributed by atoms with Gasteiger partial charge in [-0.3, -0.25) is 0 Å². The monoisotopic (exact) mass is 467 g/mol. The van der Waals surface area contributed by atoms with Gasteiger partial charge in [-0.2, -0.15) is 13.1 Å². The molecule has 0 radical (unpaired) electrons. The molecule has 0 saturated heterocycles. The molecule has 0 fully saturated rings. The van der Waals surface area contributed by atoms with Crippen LogP contribution in [0.2, 0.25) is 0 Å². The molecule has 1 aliphatic heterocycles. The SMILES string of the molecule is COc1cc2c(cc1OC)C(c1ccccc1)N(S(=O)(=O)c1cccc3nsnc13)CC2. The first-order chi connectivity index (χ1) is 15.5. The maximum Gasteiger partial charge on any atom is 0.246 e. The third-order valence-corrected chi connectivity index (χ3v) is 8.22. The van der Waals surface area contributed by atoms with E-state index in [4.69, 9.17) is 9.47 Å². The highest BCUT2D eigenvalue weighted by Gasteiger charge is 2.39. The van der Waals surface area contributed by atoms with Gasteiger partial charge in [0.05, 0.1) is 32.0 Å². The van der Waals surface area contributed by atoms with Crippen molar-refractivity contribution in [2.75, 3.05) is 20.8 Å². The van der Waals surface area contributed by atoms with Crippen LogP contribution in [0.5, 0.6) is 11.5 Å². The summed E-state index contributed by atoms with van der Waals surface area (Å²) in [5.41, 5.74) is 3.79. The molecule has 0 amide bonds. The number of rotatable bonds is 5. The standard InChI is InChI=1S/C23H21N3O4S2/c1-29-19-13-16-11-12-26(32(27,28)21-10-6-9-18-22(21)25-31-24-18)23(15-7-4-3-5-8-15)17(16)14-20(19)30-2/h3-10,13-14,23H,11-12H2,1-2H3. The molecule has 0 bridgehead atoms. The molecule has 7 nitrogen and oxygen atoms in total. The minimum absolute atomic E-state index is 0.175. The zero-order chi connectivity index (χ0) is 22.3. The Kier molecular flexibility index (Phi) is 5.32. The molecular formula is C23H21N3O4S2. The number of aromatic nitrogens is 2. The molecule has 1 unspecified atom stereocenters. The summed E-state index contributed by atoms with van der Waals surface area (Å²) in [5, 5.41) is 0. The van der Waals surface area contributed by atoms with Gasteiger partial charge in [-0.1, -0.05) is 36.4 Å². The van der Waals surface area contributed by atoms with Crippen LogP contribution in [0, 0.1) is 0 Å². The topological polar surface area (TPSA) is 81.6 Å². The van der Waals surface area contributed by atoms with Crippen LogP contribution in [0.15, 0.2) is 65.6 Å². The van der Waals surface area contributed by atoms with Gasteiger partial charge in [0.1, 0.15) is 15.9 Å². The molecule has 1 aliphatic rings. The smallest absolute Gasteiger partial charge is 0.246 e. The van der Waals surface area contributed by atoms with E-state index in [-0.39, 0.29) is 4.90 Å². The van der Waals surface area contributed by atoms with E-state index in [1.165, 1.54) is 0 Å². The summed E-state index contributed by atoms with van der Waals surface area (Å²) in [4.78, 5) is 0.175. The van der Waals surface area contributed by atoms with Gasteiger partial charge < -0.3 is 9.47 Å². The van der Waals surface area contributed by atoms with Crippen LogP contribution in [0.25, 0.3) is 11.0 Å². The Morgan fingerprint density at radius 3 is 2.47 bits per heavy atom. The molecule has 1 atom stereocenters. The van der Waals surface area contributed by atoms with Gasteiger partial charge >= 0.3 is 0 Å². The Hall–Kier alpha value is -3.01. The zero-order valence-electron chi connectivity index (χ0n) is 17.6. The third kappa shape index (κ3) is 3.33. The minimum atomic E-state index is -3.87. The lowest BCUT2D eigenvalue weighted by Crippen LogP contribution is -2.40. The van der Waals surface area contributed by atoms with Crippen LogP contribution in [0.3, 0.4) is 0 Å². The molecular weight excluding hydrogens is 446 g/mol. The summed E-state index contributed by atoms with van der Waals surface area (Å²) in [6.07, 6.45) is 0.559. The molecule has 0 spiro atoms. The number of benzene rings is 3. The summed E-state index contributed by atoms with van der Waals surface area (Å²) in [7, 11) is -0.692. The summed E-state index contributed by atoms with van der Waals surface area (Å²) < 4.78 is 49.0. The van der Waals surface area contributed by atoms with Gasteiger partial charge in [0.2, 0.25) is 10.0 Å². The van der Waals surface area contributed by atoms with Gasteiger partial charge in [-0.25, -0.2) is 8.42 Å². The molecule has 1 aromatic heterocycles. The highest BCUT2D eigenvalue weighted by molar-refractivity contribution is 7.89. The molecule has 0 aliphatic carbocycles. The van der Waals surface area contributed by atoms with Gasteiger partial charge in [0.15, 0.2) is 11.5 Å². The lowest BCUT2D eigenvalue weighted by molar-refractivity contribution is 0.332. The van der Waals surface area contributed by atoms with E-state index in [1.54, 1.807) is 36.7 Å². The Morgan fingerprint density at radius 2 is 1.72 bits per heavy atom. The van der Waals surface area contributed by atoms with Crippen molar-refractivity contribution >= 4 is 32.8 Å². The summed E-state index contributed by atoms with van der Waals surface area (Å²) in [6, 6.07) is 18.1. The van der Waals surface area contributed by atoms with E-state index < -0.39 is 16.1 Å². The molecule has 9 heteroatoms. The van der Waals surface area contributed by atoms with Gasteiger partial charge in [0.25, 0.3) is 0 Å². The van der Waals surface area contributed by atoms with E-state index in [9.17, 15) is 8.42 Å². The Labute approximate surface area is 190 Å². The van der Waals surface area contributed by atoms with Crippen LogP contribution in [-0.2, 0) is 16.4 Å². The molecule has 0 N–H and O–H groups in total. The first-order valence-electron chi connectivity index (χ1n) is 10.1. The molecule has 4 aromatic rings. The van der Waals surface area contributed by atoms with Gasteiger partial charge in [-0.05, 0) is 47.4 Å². The Balaban J connectivity index is 1.72. The van der Waals surface area contributed by atoms with Crippen LogP contribution in [-0.4, -0.2) is 42.2 Å². The van der Waals surface area contributed by atoms with E-state index in [0.29, 0.717) is 35.5 Å². The van der Waals surface area contributed by atoms with Crippen molar-refractivity contribution in [3.8, 4) is 11.5 Å². The number of nitrogens with zero attached hydrogens (tertiary/aromatic N) is 3. The molecule has 2 heterocycles. The second-order valence-corrected chi connectivity index (χ2v) is 9.86. The molecule has 32 heavy (non-hydrogen) atoms. The zero-order valence-corrected chi connectivity index (χ0v) is 19.2. The van der Waals surface area contributed by atoms with Crippen molar-refractivity contribution in [3.05, 3.63) is 77.4 Å². The van der Waals surface area contributed by atoms with Crippen molar-refractivity contribution < 1.29 is 17.9 Å². The highest BCUT2D eigenvalue weighted by Crippen LogP contribution is 2.43. The van der Waals surface area contributed by atoms with Crippen molar-refractivity contribution in [2.45, 2.75) is 17.4 Å². The first kappa shape index (κ1) is 20.9. The minimum Gasteiger partial charge on any atom is -0.493 e.